The molecule has 0 fully saturated rings. The molecule has 0 atom stereocenters. The van der Waals surface area contributed by atoms with Gasteiger partial charge >= 0.3 is 27.3 Å². The van der Waals surface area contributed by atoms with E-state index in [-0.39, 0.29) is 42.6 Å². The van der Waals surface area contributed by atoms with Gasteiger partial charge in [0.15, 0.2) is 25.0 Å². The van der Waals surface area contributed by atoms with E-state index in [2.05, 4.69) is 6.58 Å². The predicted octanol–water partition coefficient (Wildman–Crippen LogP) is 9.28. The third-order valence-corrected chi connectivity index (χ3v) is 21.4. The molecule has 4 nitrogen and oxygen atoms in total. The van der Waals surface area contributed by atoms with Gasteiger partial charge in [-0.25, -0.2) is 0 Å². The highest BCUT2D eigenvalue weighted by Crippen LogP contribution is 2.38. The molecule has 0 bridgehead atoms. The average Bonchev–Trinajstić information content (AvgIpc) is 2.70. The first-order valence-electron chi connectivity index (χ1n) is 12.6. The standard InChI is InChI=1S/C22H40F9O4Si4/c1-19(18-32)10-8-9-14-39(33-36(2,3)15-11-20(23,24)25,34-37(4,5)16-12-21(26,27)28)35-38(6,7)17-13-22(29,30)31/h1,8-17H2,2-7H3. The molecule has 0 heterocycles. The van der Waals surface area contributed by atoms with Crippen LogP contribution in [0.25, 0.3) is 0 Å². The van der Waals surface area contributed by atoms with Crippen LogP contribution in [0.4, 0.5) is 39.5 Å². The minimum Gasteiger partial charge on any atom is -0.417 e. The molecule has 0 aromatic carbocycles. The number of hydrogen-bond donors (Lipinski definition) is 0. The summed E-state index contributed by atoms with van der Waals surface area (Å²) in [5.74, 6) is 0. The minimum atomic E-state index is -4.48. The van der Waals surface area contributed by atoms with Gasteiger partial charge in [-0.2, -0.15) is 39.5 Å². The molecule has 0 amide bonds. The smallest absolute Gasteiger partial charge is 0.417 e. The Morgan fingerprint density at radius 2 is 0.923 bits per heavy atom. The van der Waals surface area contributed by atoms with E-state index in [0.29, 0.717) is 6.42 Å². The number of unbranched alkanes of at least 4 members (excludes halogenated alkanes) is 1. The number of hydrogen-bond acceptors (Lipinski definition) is 4. The summed E-state index contributed by atoms with van der Waals surface area (Å²) in [4.78, 5) is 10.8. The average molecular weight is 652 g/mol. The highest BCUT2D eigenvalue weighted by Gasteiger charge is 2.53. The van der Waals surface area contributed by atoms with E-state index in [0.717, 1.165) is 0 Å². The highest BCUT2D eigenvalue weighted by molar-refractivity contribution is 6.90. The maximum atomic E-state index is 13.0. The van der Waals surface area contributed by atoms with Crippen LogP contribution in [0.15, 0.2) is 12.2 Å². The second-order valence-corrected chi connectivity index (χ2v) is 27.9. The number of allylic oxidation sites excluding steroid dienone is 1. The molecule has 0 aromatic heterocycles. The van der Waals surface area contributed by atoms with Crippen LogP contribution in [0.5, 0.6) is 0 Å². The van der Waals surface area contributed by atoms with Gasteiger partial charge in [-0.3, -0.25) is 4.79 Å². The van der Waals surface area contributed by atoms with Crippen molar-refractivity contribution in [1.82, 2.24) is 0 Å². The molecule has 0 unspecified atom stereocenters. The van der Waals surface area contributed by atoms with Gasteiger partial charge in [0.25, 0.3) is 0 Å². The fourth-order valence-electron chi connectivity index (χ4n) is 3.69. The van der Waals surface area contributed by atoms with E-state index in [1.807, 2.05) is 0 Å². The van der Waals surface area contributed by atoms with Crippen LogP contribution in [0, 0.1) is 0 Å². The Balaban J connectivity index is 6.39. The van der Waals surface area contributed by atoms with Gasteiger partial charge < -0.3 is 12.3 Å². The summed E-state index contributed by atoms with van der Waals surface area (Å²) in [5, 5.41) is 0. The van der Waals surface area contributed by atoms with Crippen molar-refractivity contribution in [1.29, 1.82) is 0 Å². The summed E-state index contributed by atoms with van der Waals surface area (Å²) in [6, 6.07) is -1.18. The predicted molar refractivity (Wildman–Crippen MR) is 141 cm³/mol. The van der Waals surface area contributed by atoms with Gasteiger partial charge in [-0.05, 0) is 82.2 Å². The molecule has 0 spiro atoms. The fraction of sp³-hybridized carbons (Fsp3) is 0.864. The molecule has 0 aliphatic carbocycles. The van der Waals surface area contributed by atoms with Crippen LogP contribution in [-0.2, 0) is 17.1 Å². The zero-order valence-corrected chi connectivity index (χ0v) is 27.3. The Labute approximate surface area is 229 Å². The molecule has 0 saturated carbocycles. The van der Waals surface area contributed by atoms with E-state index in [4.69, 9.17) is 12.3 Å². The molecular formula is C22H40F9O4Si4. The number of halogens is 9. The Morgan fingerprint density at radius 1 is 0.615 bits per heavy atom. The van der Waals surface area contributed by atoms with Gasteiger partial charge in [0.1, 0.15) is 0 Å². The lowest BCUT2D eigenvalue weighted by Crippen LogP contribution is -2.62. The largest absolute Gasteiger partial charge is 0.469 e. The summed E-state index contributed by atoms with van der Waals surface area (Å²) >= 11 is 0. The molecule has 0 aromatic rings. The van der Waals surface area contributed by atoms with E-state index in [1.54, 1.807) is 6.29 Å². The third-order valence-electron chi connectivity index (χ3n) is 5.68. The van der Waals surface area contributed by atoms with Crippen molar-refractivity contribution in [3.8, 4) is 0 Å². The lowest BCUT2D eigenvalue weighted by atomic mass is 10.1. The molecule has 0 aliphatic rings. The Morgan fingerprint density at radius 3 is 1.18 bits per heavy atom. The second kappa shape index (κ2) is 14.6. The molecule has 231 valence electrons. The van der Waals surface area contributed by atoms with Crippen molar-refractivity contribution in [2.45, 2.75) is 121 Å². The Bertz CT molecular complexity index is 704. The second-order valence-electron chi connectivity index (χ2n) is 11.5. The molecule has 0 rings (SSSR count). The van der Waals surface area contributed by atoms with Gasteiger partial charge in [0.2, 0.25) is 6.29 Å². The van der Waals surface area contributed by atoms with Crippen molar-refractivity contribution in [2.24, 2.45) is 0 Å². The first-order chi connectivity index (χ1) is 17.2. The van der Waals surface area contributed by atoms with Gasteiger partial charge in [0, 0.05) is 25.3 Å². The topological polar surface area (TPSA) is 44.8 Å². The van der Waals surface area contributed by atoms with Crippen molar-refractivity contribution < 1.29 is 56.7 Å². The Hall–Kier alpha value is -0.472. The number of carbonyl (C=O) groups excluding carboxylic acids is 1. The molecule has 0 aliphatic heterocycles. The quantitative estimate of drug-likeness (QED) is 0.0642. The summed E-state index contributed by atoms with van der Waals surface area (Å²) in [6.07, 6.45) is -14.4. The maximum Gasteiger partial charge on any atom is 0.469 e. The van der Waals surface area contributed by atoms with Crippen LogP contribution in [0.2, 0.25) is 63.5 Å². The van der Waals surface area contributed by atoms with Crippen molar-refractivity contribution >= 4 is 40.0 Å². The molecule has 0 saturated heterocycles. The van der Waals surface area contributed by atoms with Crippen molar-refractivity contribution in [3.05, 3.63) is 12.2 Å². The monoisotopic (exact) mass is 651 g/mol. The highest BCUT2D eigenvalue weighted by atomic mass is 28.5. The summed E-state index contributed by atoms with van der Waals surface area (Å²) < 4.78 is 136. The zero-order chi connectivity index (χ0) is 31.0. The van der Waals surface area contributed by atoms with Crippen molar-refractivity contribution in [3.63, 3.8) is 0 Å². The first-order valence-corrected chi connectivity index (χ1v) is 23.8. The SMILES string of the molecule is C=C([C]=O)CCCC[Si](O[Si](C)(C)CCC(F)(F)F)(O[Si](C)(C)CCC(F)(F)F)O[Si](C)(C)CCC(F)(F)F. The molecule has 39 heavy (non-hydrogen) atoms. The summed E-state index contributed by atoms with van der Waals surface area (Å²) in [6.45, 7) is 12.6. The van der Waals surface area contributed by atoms with Crippen molar-refractivity contribution in [2.75, 3.05) is 0 Å². The molecule has 1 radical (unpaired) electrons. The third kappa shape index (κ3) is 20.1. The van der Waals surface area contributed by atoms with Crippen LogP contribution >= 0.6 is 0 Å². The molecular weight excluding hydrogens is 612 g/mol. The van der Waals surface area contributed by atoms with E-state index >= 15 is 0 Å². The minimum absolute atomic E-state index is 0.0213. The Kier molecular flexibility index (Phi) is 14.4. The van der Waals surface area contributed by atoms with Crippen LogP contribution in [0.3, 0.4) is 0 Å². The van der Waals surface area contributed by atoms with Gasteiger partial charge in [0.05, 0.1) is 0 Å². The normalized spacial score (nSPS) is 14.5. The van der Waals surface area contributed by atoms with E-state index in [9.17, 15) is 44.3 Å². The lowest BCUT2D eigenvalue weighted by Gasteiger charge is -2.45. The van der Waals surface area contributed by atoms with Crippen LogP contribution < -0.4 is 0 Å². The summed E-state index contributed by atoms with van der Waals surface area (Å²) in [5.41, 5.74) is 0.171. The van der Waals surface area contributed by atoms with Gasteiger partial charge in [-0.15, -0.1) is 0 Å². The molecule has 0 N–H and O–H groups in total. The van der Waals surface area contributed by atoms with E-state index < -0.39 is 71.5 Å². The van der Waals surface area contributed by atoms with Crippen LogP contribution in [0.1, 0.15) is 38.5 Å². The molecule has 17 heteroatoms. The zero-order valence-electron chi connectivity index (χ0n) is 23.3. The number of rotatable bonds is 18. The van der Waals surface area contributed by atoms with E-state index in [1.165, 1.54) is 39.3 Å². The van der Waals surface area contributed by atoms with Gasteiger partial charge in [-0.1, -0.05) is 6.58 Å². The summed E-state index contributed by atoms with van der Waals surface area (Å²) in [7, 11) is -13.9. The first kappa shape index (κ1) is 38.5. The maximum absolute atomic E-state index is 13.0. The fourth-order valence-corrected chi connectivity index (χ4v) is 21.2. The van der Waals surface area contributed by atoms with Crippen LogP contribution in [-0.4, -0.2) is 58.6 Å². The number of alkyl halides is 9. The lowest BCUT2D eigenvalue weighted by molar-refractivity contribution is -0.131.